The number of esters is 1. The van der Waals surface area contributed by atoms with E-state index in [9.17, 15) is 19.2 Å². The van der Waals surface area contributed by atoms with Crippen LogP contribution in [0.5, 0.6) is 0 Å². The Morgan fingerprint density at radius 1 is 1.46 bits per heavy atom. The highest BCUT2D eigenvalue weighted by Crippen LogP contribution is 1.93. The molecule has 13 heavy (non-hydrogen) atoms. The maximum Gasteiger partial charge on any atom is 0.336 e. The number of ether oxygens (including phenoxy) is 1. The second-order valence-electron chi connectivity index (χ2n) is 1.97. The standard InChI is InChI=1S/C6H7NO6/c8-2-7-4(1-5(10)11)6(12)13-3-9/h2-4H,1H2,(H,7,8)(H,10,11). The molecular weight excluding hydrogens is 182 g/mol. The monoisotopic (exact) mass is 189 g/mol. The fourth-order valence-electron chi connectivity index (χ4n) is 0.597. The van der Waals surface area contributed by atoms with Crippen molar-refractivity contribution in [3.63, 3.8) is 0 Å². The lowest BCUT2D eigenvalue weighted by Crippen LogP contribution is -2.38. The fraction of sp³-hybridized carbons (Fsp3) is 0.333. The highest BCUT2D eigenvalue weighted by Gasteiger charge is 2.22. The van der Waals surface area contributed by atoms with Crippen molar-refractivity contribution >= 4 is 24.8 Å². The summed E-state index contributed by atoms with van der Waals surface area (Å²) in [6.07, 6.45) is -0.481. The van der Waals surface area contributed by atoms with Gasteiger partial charge in [0.1, 0.15) is 6.04 Å². The van der Waals surface area contributed by atoms with Crippen molar-refractivity contribution < 1.29 is 29.0 Å². The van der Waals surface area contributed by atoms with Gasteiger partial charge in [0.15, 0.2) is 0 Å². The number of carbonyl (C=O) groups is 4. The van der Waals surface area contributed by atoms with Gasteiger partial charge in [-0.2, -0.15) is 0 Å². The summed E-state index contributed by atoms with van der Waals surface area (Å²) in [5, 5.41) is 10.2. The second-order valence-corrected chi connectivity index (χ2v) is 1.97. The molecule has 0 aromatic heterocycles. The molecular formula is C6H7NO6. The van der Waals surface area contributed by atoms with E-state index in [1.54, 1.807) is 0 Å². The minimum absolute atomic E-state index is 0.135. The highest BCUT2D eigenvalue weighted by molar-refractivity contribution is 5.86. The quantitative estimate of drug-likeness (QED) is 0.292. The Morgan fingerprint density at radius 3 is 2.46 bits per heavy atom. The predicted molar refractivity (Wildman–Crippen MR) is 37.4 cm³/mol. The summed E-state index contributed by atoms with van der Waals surface area (Å²) < 4.78 is 3.85. The van der Waals surface area contributed by atoms with E-state index in [0.29, 0.717) is 0 Å². The third-order valence-corrected chi connectivity index (χ3v) is 1.10. The zero-order chi connectivity index (χ0) is 10.3. The molecule has 0 radical (unpaired) electrons. The van der Waals surface area contributed by atoms with Crippen LogP contribution in [0.2, 0.25) is 0 Å². The third-order valence-electron chi connectivity index (χ3n) is 1.10. The largest absolute Gasteiger partial charge is 0.481 e. The first kappa shape index (κ1) is 11.1. The molecule has 0 aromatic rings. The fourth-order valence-corrected chi connectivity index (χ4v) is 0.597. The van der Waals surface area contributed by atoms with Gasteiger partial charge in [-0.15, -0.1) is 0 Å². The van der Waals surface area contributed by atoms with Crippen molar-refractivity contribution in [1.29, 1.82) is 0 Å². The van der Waals surface area contributed by atoms with Gasteiger partial charge in [0.2, 0.25) is 6.41 Å². The lowest BCUT2D eigenvalue weighted by molar-refractivity contribution is -0.156. The normalized spacial score (nSPS) is 11.1. The molecule has 0 aromatic carbocycles. The van der Waals surface area contributed by atoms with Crippen molar-refractivity contribution in [1.82, 2.24) is 5.32 Å². The molecule has 0 aliphatic carbocycles. The topological polar surface area (TPSA) is 110 Å². The summed E-state index contributed by atoms with van der Waals surface area (Å²) in [5.41, 5.74) is 0. The summed E-state index contributed by atoms with van der Waals surface area (Å²) >= 11 is 0. The van der Waals surface area contributed by atoms with Crippen molar-refractivity contribution in [2.75, 3.05) is 0 Å². The molecule has 0 spiro atoms. The van der Waals surface area contributed by atoms with E-state index < -0.39 is 24.4 Å². The van der Waals surface area contributed by atoms with Gasteiger partial charge in [0.05, 0.1) is 6.42 Å². The number of carboxylic acid groups (broad SMARTS) is 1. The average Bonchev–Trinajstić information content (AvgIpc) is 2.03. The zero-order valence-electron chi connectivity index (χ0n) is 6.43. The maximum atomic E-state index is 10.7. The molecule has 0 aliphatic rings. The van der Waals surface area contributed by atoms with Gasteiger partial charge in [-0.05, 0) is 0 Å². The first-order valence-electron chi connectivity index (χ1n) is 3.17. The van der Waals surface area contributed by atoms with Crippen LogP contribution in [0.4, 0.5) is 0 Å². The van der Waals surface area contributed by atoms with Crippen LogP contribution in [0.25, 0.3) is 0 Å². The van der Waals surface area contributed by atoms with E-state index in [0.717, 1.165) is 0 Å². The average molecular weight is 189 g/mol. The summed E-state index contributed by atoms with van der Waals surface area (Å²) in [5.74, 6) is -2.40. The minimum atomic E-state index is -1.33. The first-order valence-corrected chi connectivity index (χ1v) is 3.17. The van der Waals surface area contributed by atoms with Crippen LogP contribution in [-0.2, 0) is 23.9 Å². The number of hydrogen-bond acceptors (Lipinski definition) is 5. The summed E-state index contributed by atoms with van der Waals surface area (Å²) in [7, 11) is 0. The Labute approximate surface area is 72.7 Å². The van der Waals surface area contributed by atoms with Crippen LogP contribution in [0.15, 0.2) is 0 Å². The van der Waals surface area contributed by atoms with E-state index in [1.165, 1.54) is 0 Å². The van der Waals surface area contributed by atoms with Crippen LogP contribution in [0, 0.1) is 0 Å². The van der Waals surface area contributed by atoms with Gasteiger partial charge >= 0.3 is 18.4 Å². The predicted octanol–water partition coefficient (Wildman–Crippen LogP) is -1.72. The van der Waals surface area contributed by atoms with E-state index in [1.807, 2.05) is 5.32 Å². The van der Waals surface area contributed by atoms with Crippen LogP contribution < -0.4 is 5.32 Å². The molecule has 0 saturated heterocycles. The molecule has 0 saturated carbocycles. The molecule has 1 amide bonds. The van der Waals surface area contributed by atoms with Gasteiger partial charge in [-0.3, -0.25) is 14.4 Å². The number of amides is 1. The molecule has 0 rings (SSSR count). The van der Waals surface area contributed by atoms with Crippen LogP contribution in [-0.4, -0.2) is 36.0 Å². The summed E-state index contributed by atoms with van der Waals surface area (Å²) in [6.45, 7) is -0.135. The molecule has 0 bridgehead atoms. The maximum absolute atomic E-state index is 10.7. The lowest BCUT2D eigenvalue weighted by Gasteiger charge is -2.09. The summed E-state index contributed by atoms with van der Waals surface area (Å²) in [6, 6.07) is -1.33. The molecule has 0 fully saturated rings. The van der Waals surface area contributed by atoms with Crippen molar-refractivity contribution in [3.8, 4) is 0 Å². The van der Waals surface area contributed by atoms with Gasteiger partial charge in [0.25, 0.3) is 0 Å². The molecule has 1 atom stereocenters. The number of hydrogen-bond donors (Lipinski definition) is 2. The van der Waals surface area contributed by atoms with Gasteiger partial charge in [-0.1, -0.05) is 0 Å². The Balaban J connectivity index is 4.21. The number of carboxylic acids is 1. The third kappa shape index (κ3) is 4.51. The van der Waals surface area contributed by atoms with Crippen molar-refractivity contribution in [2.24, 2.45) is 0 Å². The Kier molecular flexibility index (Phi) is 4.85. The SMILES string of the molecule is O=CNC(CC(=O)O)C(=O)OC=O. The number of nitrogens with one attached hydrogen (secondary N) is 1. The van der Waals surface area contributed by atoms with Crippen LogP contribution >= 0.6 is 0 Å². The van der Waals surface area contributed by atoms with Crippen molar-refractivity contribution in [3.05, 3.63) is 0 Å². The highest BCUT2D eigenvalue weighted by atomic mass is 16.6. The molecule has 1 unspecified atom stereocenters. The number of aliphatic carboxylic acids is 1. The minimum Gasteiger partial charge on any atom is -0.481 e. The molecule has 7 heteroatoms. The molecule has 72 valence electrons. The molecule has 0 heterocycles. The molecule has 0 aliphatic heterocycles. The van der Waals surface area contributed by atoms with Crippen LogP contribution in [0.3, 0.4) is 0 Å². The Hall–Kier alpha value is -1.92. The van der Waals surface area contributed by atoms with E-state index in [4.69, 9.17) is 5.11 Å². The smallest absolute Gasteiger partial charge is 0.336 e. The number of rotatable bonds is 6. The van der Waals surface area contributed by atoms with E-state index in [2.05, 4.69) is 4.74 Å². The first-order chi connectivity index (χ1) is 6.11. The second kappa shape index (κ2) is 5.70. The molecule has 7 nitrogen and oxygen atoms in total. The van der Waals surface area contributed by atoms with Gasteiger partial charge in [0, 0.05) is 0 Å². The van der Waals surface area contributed by atoms with Gasteiger partial charge in [-0.25, -0.2) is 4.79 Å². The van der Waals surface area contributed by atoms with Gasteiger partial charge < -0.3 is 15.2 Å². The van der Waals surface area contributed by atoms with Crippen LogP contribution in [0.1, 0.15) is 6.42 Å². The van der Waals surface area contributed by atoms with E-state index in [-0.39, 0.29) is 12.9 Å². The van der Waals surface area contributed by atoms with E-state index >= 15 is 0 Å². The van der Waals surface area contributed by atoms with Crippen molar-refractivity contribution in [2.45, 2.75) is 12.5 Å². The number of carbonyl (C=O) groups excluding carboxylic acids is 3. The summed E-state index contributed by atoms with van der Waals surface area (Å²) in [4.78, 5) is 40.5. The lowest BCUT2D eigenvalue weighted by atomic mass is 10.2. The Bertz CT molecular complexity index is 225. The zero-order valence-corrected chi connectivity index (χ0v) is 6.43. The Morgan fingerprint density at radius 2 is 2.08 bits per heavy atom. The molecule has 2 N–H and O–H groups in total.